The van der Waals surface area contributed by atoms with Crippen molar-refractivity contribution in [1.82, 2.24) is 15.1 Å². The van der Waals surface area contributed by atoms with Gasteiger partial charge in [0.15, 0.2) is 0 Å². The third kappa shape index (κ3) is 3.92. The van der Waals surface area contributed by atoms with Crippen LogP contribution in [0.4, 0.5) is 0 Å². The summed E-state index contributed by atoms with van der Waals surface area (Å²) in [6.45, 7) is 9.42. The van der Waals surface area contributed by atoms with Gasteiger partial charge in [-0.15, -0.1) is 0 Å². The number of piperazine rings is 1. The molecule has 0 spiro atoms. The molecule has 1 heterocycles. The topological polar surface area (TPSA) is 38.7 Å². The fourth-order valence-corrected chi connectivity index (χ4v) is 2.68. The molecule has 0 aromatic heterocycles. The van der Waals surface area contributed by atoms with Gasteiger partial charge in [-0.25, -0.2) is 0 Å². The second kappa shape index (κ2) is 5.87. The number of rotatable bonds is 6. The minimum absolute atomic E-state index is 0.271. The lowest BCUT2D eigenvalue weighted by Crippen LogP contribution is -2.58. The molecule has 0 bridgehead atoms. The zero-order valence-corrected chi connectivity index (χ0v) is 12.2. The van der Waals surface area contributed by atoms with Crippen LogP contribution in [0.5, 0.6) is 0 Å². The second-order valence-corrected chi connectivity index (χ2v) is 6.62. The number of aliphatic hydroxyl groups is 1. The summed E-state index contributed by atoms with van der Waals surface area (Å²) >= 11 is 0. The first-order valence-electron chi connectivity index (χ1n) is 7.32. The smallest absolute Gasteiger partial charge is 0.0585 e. The maximum atomic E-state index is 9.39. The molecule has 1 saturated heterocycles. The molecule has 1 saturated carbocycles. The van der Waals surface area contributed by atoms with Gasteiger partial charge in [0, 0.05) is 37.3 Å². The van der Waals surface area contributed by atoms with Crippen molar-refractivity contribution in [3.63, 3.8) is 0 Å². The Bertz CT molecular complexity index is 266. The van der Waals surface area contributed by atoms with Crippen LogP contribution >= 0.6 is 0 Å². The van der Waals surface area contributed by atoms with E-state index in [0.29, 0.717) is 12.1 Å². The van der Waals surface area contributed by atoms with E-state index in [1.54, 1.807) is 0 Å². The highest BCUT2D eigenvalue weighted by Gasteiger charge is 2.31. The highest BCUT2D eigenvalue weighted by Crippen LogP contribution is 2.21. The van der Waals surface area contributed by atoms with E-state index in [0.717, 1.165) is 32.6 Å². The number of nitrogens with zero attached hydrogens (tertiary/aromatic N) is 2. The lowest BCUT2D eigenvalue weighted by molar-refractivity contribution is 0.0370. The summed E-state index contributed by atoms with van der Waals surface area (Å²) in [6.07, 6.45) is 3.64. The van der Waals surface area contributed by atoms with E-state index in [4.69, 9.17) is 0 Å². The molecule has 2 N–H and O–H groups in total. The Kier molecular flexibility index (Phi) is 4.64. The predicted octanol–water partition coefficient (Wildman–Crippen LogP) is 0.515. The molecule has 1 atom stereocenters. The van der Waals surface area contributed by atoms with Crippen LogP contribution in [0.3, 0.4) is 0 Å². The Morgan fingerprint density at radius 2 is 2.06 bits per heavy atom. The SMILES string of the molecule is CN1CCN(CCC(CO)NC2CC2)CC1(C)C. The molecule has 4 nitrogen and oxygen atoms in total. The fraction of sp³-hybridized carbons (Fsp3) is 1.00. The summed E-state index contributed by atoms with van der Waals surface area (Å²) in [5, 5.41) is 12.9. The van der Waals surface area contributed by atoms with Crippen LogP contribution in [0.15, 0.2) is 0 Å². The first-order valence-corrected chi connectivity index (χ1v) is 7.32. The monoisotopic (exact) mass is 255 g/mol. The largest absolute Gasteiger partial charge is 0.395 e. The Hall–Kier alpha value is -0.160. The average Bonchev–Trinajstić information content (AvgIpc) is 3.12. The molecule has 2 aliphatic rings. The van der Waals surface area contributed by atoms with Crippen LogP contribution in [0.25, 0.3) is 0 Å². The second-order valence-electron chi connectivity index (χ2n) is 6.62. The predicted molar refractivity (Wildman–Crippen MR) is 74.8 cm³/mol. The third-order valence-electron chi connectivity index (χ3n) is 4.46. The van der Waals surface area contributed by atoms with E-state index in [2.05, 4.69) is 36.0 Å². The van der Waals surface area contributed by atoms with E-state index in [1.165, 1.54) is 12.8 Å². The molecule has 0 aromatic carbocycles. The number of hydrogen-bond donors (Lipinski definition) is 2. The van der Waals surface area contributed by atoms with Crippen LogP contribution in [0, 0.1) is 0 Å². The lowest BCUT2D eigenvalue weighted by Gasteiger charge is -2.45. The normalized spacial score (nSPS) is 27.3. The van der Waals surface area contributed by atoms with E-state index in [-0.39, 0.29) is 12.1 Å². The molecule has 0 amide bonds. The summed E-state index contributed by atoms with van der Waals surface area (Å²) < 4.78 is 0. The summed E-state index contributed by atoms with van der Waals surface area (Å²) in [5.41, 5.74) is 0.275. The average molecular weight is 255 g/mol. The van der Waals surface area contributed by atoms with Crippen molar-refractivity contribution >= 4 is 0 Å². The molecule has 18 heavy (non-hydrogen) atoms. The maximum Gasteiger partial charge on any atom is 0.0585 e. The van der Waals surface area contributed by atoms with Crippen molar-refractivity contribution < 1.29 is 5.11 Å². The molecule has 1 aliphatic heterocycles. The Morgan fingerprint density at radius 3 is 2.61 bits per heavy atom. The van der Waals surface area contributed by atoms with Gasteiger partial charge in [-0.3, -0.25) is 4.90 Å². The van der Waals surface area contributed by atoms with Gasteiger partial charge < -0.3 is 15.3 Å². The van der Waals surface area contributed by atoms with Gasteiger partial charge in [0.1, 0.15) is 0 Å². The molecular formula is C14H29N3O. The molecule has 2 rings (SSSR count). The Labute approximate surface area is 111 Å². The van der Waals surface area contributed by atoms with E-state index in [9.17, 15) is 5.11 Å². The fourth-order valence-electron chi connectivity index (χ4n) is 2.68. The van der Waals surface area contributed by atoms with Crippen LogP contribution in [-0.4, -0.2) is 72.4 Å². The zero-order chi connectivity index (χ0) is 13.2. The molecule has 1 unspecified atom stereocenters. The van der Waals surface area contributed by atoms with Crippen LogP contribution in [0.2, 0.25) is 0 Å². The van der Waals surface area contributed by atoms with Crippen molar-refractivity contribution in [1.29, 1.82) is 0 Å². The first-order chi connectivity index (χ1) is 8.51. The summed E-state index contributed by atoms with van der Waals surface area (Å²) in [5.74, 6) is 0. The molecule has 106 valence electrons. The van der Waals surface area contributed by atoms with Gasteiger partial charge >= 0.3 is 0 Å². The molecular weight excluding hydrogens is 226 g/mol. The van der Waals surface area contributed by atoms with Gasteiger partial charge in [-0.2, -0.15) is 0 Å². The third-order valence-corrected chi connectivity index (χ3v) is 4.46. The van der Waals surface area contributed by atoms with Crippen molar-refractivity contribution in [3.8, 4) is 0 Å². The minimum Gasteiger partial charge on any atom is -0.395 e. The van der Waals surface area contributed by atoms with Gasteiger partial charge in [-0.1, -0.05) is 0 Å². The number of nitrogens with one attached hydrogen (secondary N) is 1. The minimum atomic E-state index is 0.271. The number of likely N-dealkylation sites (N-methyl/N-ethyl adjacent to an activating group) is 1. The van der Waals surface area contributed by atoms with Crippen molar-refractivity contribution in [2.24, 2.45) is 0 Å². The van der Waals surface area contributed by atoms with E-state index in [1.807, 2.05) is 0 Å². The quantitative estimate of drug-likeness (QED) is 0.726. The van der Waals surface area contributed by atoms with Gasteiger partial charge in [0.05, 0.1) is 6.61 Å². The van der Waals surface area contributed by atoms with Gasteiger partial charge in [0.25, 0.3) is 0 Å². The molecule has 1 aliphatic carbocycles. The standard InChI is InChI=1S/C14H29N3O/c1-14(2)11-17(9-8-16(14)3)7-6-13(10-18)15-12-4-5-12/h12-13,15,18H,4-11H2,1-3H3. The van der Waals surface area contributed by atoms with Gasteiger partial charge in [-0.05, 0) is 46.7 Å². The molecule has 2 fully saturated rings. The Balaban J connectivity index is 1.72. The number of aliphatic hydroxyl groups excluding tert-OH is 1. The van der Waals surface area contributed by atoms with Crippen LogP contribution < -0.4 is 5.32 Å². The molecule has 0 radical (unpaired) electrons. The lowest BCUT2D eigenvalue weighted by atomic mass is 9.99. The number of hydrogen-bond acceptors (Lipinski definition) is 4. The first kappa shape index (κ1) is 14.3. The highest BCUT2D eigenvalue weighted by atomic mass is 16.3. The highest BCUT2D eigenvalue weighted by molar-refractivity contribution is 4.89. The maximum absolute atomic E-state index is 9.39. The summed E-state index contributed by atoms with van der Waals surface area (Å²) in [6, 6.07) is 0.978. The van der Waals surface area contributed by atoms with Crippen LogP contribution in [0.1, 0.15) is 33.1 Å². The van der Waals surface area contributed by atoms with Crippen molar-refractivity contribution in [2.45, 2.75) is 50.7 Å². The molecule has 0 aromatic rings. The van der Waals surface area contributed by atoms with E-state index >= 15 is 0 Å². The molecule has 4 heteroatoms. The van der Waals surface area contributed by atoms with Crippen molar-refractivity contribution in [2.75, 3.05) is 39.8 Å². The summed E-state index contributed by atoms with van der Waals surface area (Å²) in [7, 11) is 2.21. The van der Waals surface area contributed by atoms with E-state index < -0.39 is 0 Å². The van der Waals surface area contributed by atoms with Crippen molar-refractivity contribution in [3.05, 3.63) is 0 Å². The Morgan fingerprint density at radius 1 is 1.33 bits per heavy atom. The van der Waals surface area contributed by atoms with Gasteiger partial charge in [0.2, 0.25) is 0 Å². The summed E-state index contributed by atoms with van der Waals surface area (Å²) in [4.78, 5) is 4.98. The van der Waals surface area contributed by atoms with Crippen LogP contribution in [-0.2, 0) is 0 Å². The zero-order valence-electron chi connectivity index (χ0n) is 12.2.